The Labute approximate surface area is 175 Å². The number of urea groups is 1. The molecule has 0 spiro atoms. The van der Waals surface area contributed by atoms with Crippen molar-refractivity contribution in [1.82, 2.24) is 9.88 Å². The van der Waals surface area contributed by atoms with E-state index in [1.165, 1.54) is 10.5 Å². The van der Waals surface area contributed by atoms with Crippen LogP contribution >= 0.6 is 0 Å². The number of imide groups is 1. The van der Waals surface area contributed by atoms with Crippen molar-refractivity contribution in [1.29, 1.82) is 0 Å². The van der Waals surface area contributed by atoms with E-state index in [1.807, 2.05) is 49.4 Å². The van der Waals surface area contributed by atoms with Crippen molar-refractivity contribution >= 4 is 28.5 Å². The average molecular weight is 403 g/mol. The summed E-state index contributed by atoms with van der Waals surface area (Å²) in [7, 11) is 1.64. The zero-order chi connectivity index (χ0) is 21.2. The maximum Gasteiger partial charge on any atom is 0.332 e. The molecular weight excluding hydrogens is 378 g/mol. The van der Waals surface area contributed by atoms with E-state index in [9.17, 15) is 9.59 Å². The number of aromatic nitrogens is 1. The molecule has 3 amide bonds. The van der Waals surface area contributed by atoms with Crippen LogP contribution in [0.1, 0.15) is 43.5 Å². The SMILES string of the molecule is COc1ccc2[nH]c3c(c2c1)CCN1C(=O)N(c2ccc(C(C)C)cc2)C(=O)[C@]31C. The van der Waals surface area contributed by atoms with E-state index in [0.717, 1.165) is 27.9 Å². The Hall–Kier alpha value is -3.28. The number of amides is 3. The first-order chi connectivity index (χ1) is 14.4. The maximum atomic E-state index is 13.7. The number of H-pyrrole nitrogens is 1. The average Bonchev–Trinajstić information content (AvgIpc) is 3.21. The van der Waals surface area contributed by atoms with Crippen molar-refractivity contribution in [3.63, 3.8) is 0 Å². The van der Waals surface area contributed by atoms with Gasteiger partial charge in [-0.3, -0.25) is 4.79 Å². The lowest BCUT2D eigenvalue weighted by molar-refractivity contribution is -0.125. The summed E-state index contributed by atoms with van der Waals surface area (Å²) in [5.41, 5.74) is 3.58. The van der Waals surface area contributed by atoms with Crippen LogP contribution in [0.15, 0.2) is 42.5 Å². The van der Waals surface area contributed by atoms with E-state index in [-0.39, 0.29) is 11.9 Å². The van der Waals surface area contributed by atoms with Crippen LogP contribution in [-0.4, -0.2) is 35.5 Å². The smallest absolute Gasteiger partial charge is 0.332 e. The molecule has 1 aromatic heterocycles. The Morgan fingerprint density at radius 1 is 1.10 bits per heavy atom. The fraction of sp³-hybridized carbons (Fsp3) is 0.333. The van der Waals surface area contributed by atoms with Gasteiger partial charge in [-0.2, -0.15) is 0 Å². The molecule has 3 heterocycles. The Kier molecular flexibility index (Phi) is 3.97. The van der Waals surface area contributed by atoms with Crippen LogP contribution in [0.3, 0.4) is 0 Å². The number of carbonyl (C=O) groups is 2. The molecule has 0 unspecified atom stereocenters. The number of aromatic amines is 1. The third kappa shape index (κ3) is 2.36. The highest BCUT2D eigenvalue weighted by Gasteiger charge is 2.59. The predicted molar refractivity (Wildman–Crippen MR) is 116 cm³/mol. The minimum Gasteiger partial charge on any atom is -0.497 e. The standard InChI is InChI=1S/C24H25N3O3/c1-14(2)15-5-7-16(8-6-15)27-22(28)24(3)21-18(11-12-26(24)23(27)29)19-13-17(30-4)9-10-20(19)25-21/h5-10,13-14,25H,11-12H2,1-4H3/t24-/m0/s1. The van der Waals surface area contributed by atoms with Crippen LogP contribution in [0.4, 0.5) is 10.5 Å². The van der Waals surface area contributed by atoms with E-state index in [2.05, 4.69) is 18.8 Å². The van der Waals surface area contributed by atoms with E-state index >= 15 is 0 Å². The first kappa shape index (κ1) is 18.7. The van der Waals surface area contributed by atoms with Gasteiger partial charge in [0, 0.05) is 17.4 Å². The lowest BCUT2D eigenvalue weighted by Crippen LogP contribution is -2.49. The van der Waals surface area contributed by atoms with Gasteiger partial charge in [-0.1, -0.05) is 26.0 Å². The fourth-order valence-corrected chi connectivity index (χ4v) is 4.78. The zero-order valence-corrected chi connectivity index (χ0v) is 17.7. The summed E-state index contributed by atoms with van der Waals surface area (Å²) in [4.78, 5) is 33.4. The highest BCUT2D eigenvalue weighted by Crippen LogP contribution is 2.45. The van der Waals surface area contributed by atoms with Crippen LogP contribution in [0.5, 0.6) is 5.75 Å². The number of carbonyl (C=O) groups excluding carboxylic acids is 2. The first-order valence-electron chi connectivity index (χ1n) is 10.3. The predicted octanol–water partition coefficient (Wildman–Crippen LogP) is 4.54. The molecule has 2 aliphatic heterocycles. The Morgan fingerprint density at radius 3 is 2.50 bits per heavy atom. The second-order valence-corrected chi connectivity index (χ2v) is 8.53. The van der Waals surface area contributed by atoms with Gasteiger partial charge in [0.2, 0.25) is 0 Å². The number of methoxy groups -OCH3 is 1. The molecule has 154 valence electrons. The summed E-state index contributed by atoms with van der Waals surface area (Å²) >= 11 is 0. The molecule has 0 saturated carbocycles. The summed E-state index contributed by atoms with van der Waals surface area (Å²) in [6.07, 6.45) is 0.692. The molecule has 0 bridgehead atoms. The highest BCUT2D eigenvalue weighted by molar-refractivity contribution is 6.23. The number of nitrogens with zero attached hydrogens (tertiary/aromatic N) is 2. The van der Waals surface area contributed by atoms with Gasteiger partial charge >= 0.3 is 6.03 Å². The quantitative estimate of drug-likeness (QED) is 0.653. The number of fused-ring (bicyclic) bond motifs is 5. The van der Waals surface area contributed by atoms with E-state index in [0.29, 0.717) is 24.6 Å². The van der Waals surface area contributed by atoms with Gasteiger partial charge in [0.15, 0.2) is 5.54 Å². The van der Waals surface area contributed by atoms with Crippen molar-refractivity contribution in [2.24, 2.45) is 0 Å². The minimum atomic E-state index is -1.05. The molecule has 5 rings (SSSR count). The monoisotopic (exact) mass is 403 g/mol. The third-order valence-corrected chi connectivity index (χ3v) is 6.59. The van der Waals surface area contributed by atoms with Gasteiger partial charge in [-0.25, -0.2) is 9.69 Å². The molecule has 30 heavy (non-hydrogen) atoms. The molecule has 1 fully saturated rings. The summed E-state index contributed by atoms with van der Waals surface area (Å²) in [5, 5.41) is 1.05. The summed E-state index contributed by atoms with van der Waals surface area (Å²) in [6, 6.07) is 13.3. The van der Waals surface area contributed by atoms with Crippen LogP contribution in [-0.2, 0) is 16.8 Å². The normalized spacial score (nSPS) is 20.8. The molecule has 2 aliphatic rings. The van der Waals surface area contributed by atoms with Crippen LogP contribution in [0.25, 0.3) is 10.9 Å². The fourth-order valence-electron chi connectivity index (χ4n) is 4.78. The van der Waals surface area contributed by atoms with Gasteiger partial charge in [-0.05, 0) is 60.7 Å². The molecule has 0 aliphatic carbocycles. The molecule has 1 atom stereocenters. The van der Waals surface area contributed by atoms with Crippen molar-refractivity contribution in [2.75, 3.05) is 18.6 Å². The summed E-state index contributed by atoms with van der Waals surface area (Å²) < 4.78 is 5.38. The van der Waals surface area contributed by atoms with Crippen LogP contribution < -0.4 is 9.64 Å². The number of ether oxygens (including phenoxy) is 1. The highest BCUT2D eigenvalue weighted by atomic mass is 16.5. The Balaban J connectivity index is 1.62. The van der Waals surface area contributed by atoms with Crippen molar-refractivity contribution < 1.29 is 14.3 Å². The Morgan fingerprint density at radius 2 is 1.83 bits per heavy atom. The second kappa shape index (κ2) is 6.36. The lowest BCUT2D eigenvalue weighted by Gasteiger charge is -2.35. The number of hydrogen-bond donors (Lipinski definition) is 1. The number of nitrogens with one attached hydrogen (secondary N) is 1. The molecule has 3 aromatic rings. The number of hydrogen-bond acceptors (Lipinski definition) is 3. The zero-order valence-electron chi connectivity index (χ0n) is 17.7. The molecule has 6 heteroatoms. The number of benzene rings is 2. The summed E-state index contributed by atoms with van der Waals surface area (Å²) in [6.45, 7) is 6.59. The Bertz CT molecular complexity index is 1180. The minimum absolute atomic E-state index is 0.218. The number of anilines is 1. The largest absolute Gasteiger partial charge is 0.497 e. The third-order valence-electron chi connectivity index (χ3n) is 6.59. The van der Waals surface area contributed by atoms with Gasteiger partial charge in [0.05, 0.1) is 18.5 Å². The maximum absolute atomic E-state index is 13.7. The topological polar surface area (TPSA) is 65.6 Å². The first-order valence-corrected chi connectivity index (χ1v) is 10.3. The van der Waals surface area contributed by atoms with Gasteiger partial charge < -0.3 is 14.6 Å². The molecule has 6 nitrogen and oxygen atoms in total. The van der Waals surface area contributed by atoms with Gasteiger partial charge in [-0.15, -0.1) is 0 Å². The van der Waals surface area contributed by atoms with Crippen molar-refractivity contribution in [2.45, 2.75) is 38.6 Å². The molecule has 1 N–H and O–H groups in total. The van der Waals surface area contributed by atoms with E-state index < -0.39 is 5.54 Å². The lowest BCUT2D eigenvalue weighted by atomic mass is 9.87. The molecule has 1 saturated heterocycles. The molecule has 2 aromatic carbocycles. The van der Waals surface area contributed by atoms with E-state index in [1.54, 1.807) is 12.0 Å². The molecular formula is C24H25N3O3. The van der Waals surface area contributed by atoms with Crippen molar-refractivity contribution in [3.8, 4) is 5.75 Å². The van der Waals surface area contributed by atoms with Crippen LogP contribution in [0.2, 0.25) is 0 Å². The number of rotatable bonds is 3. The van der Waals surface area contributed by atoms with E-state index in [4.69, 9.17) is 4.74 Å². The molecule has 0 radical (unpaired) electrons. The second-order valence-electron chi connectivity index (χ2n) is 8.53. The van der Waals surface area contributed by atoms with Crippen molar-refractivity contribution in [3.05, 3.63) is 59.3 Å². The van der Waals surface area contributed by atoms with Crippen LogP contribution in [0, 0.1) is 0 Å². The summed E-state index contributed by atoms with van der Waals surface area (Å²) in [5.74, 6) is 0.945. The van der Waals surface area contributed by atoms with Gasteiger partial charge in [0.25, 0.3) is 5.91 Å². The van der Waals surface area contributed by atoms with Gasteiger partial charge in [0.1, 0.15) is 5.75 Å².